The second-order valence-corrected chi connectivity index (χ2v) is 13.7. The zero-order valence-corrected chi connectivity index (χ0v) is 23.5. The highest BCUT2D eigenvalue weighted by Gasteiger charge is 2.77. The van der Waals surface area contributed by atoms with Crippen LogP contribution in [0.25, 0.3) is 0 Å². The number of hydrogen-bond donors (Lipinski definition) is 1. The minimum Gasteiger partial charge on any atom is -0.449 e. The average Bonchev–Trinajstić information content (AvgIpc) is 3.08. The Hall–Kier alpha value is -1.54. The molecule has 5 nitrogen and oxygen atoms in total. The fourth-order valence-electron chi connectivity index (χ4n) is 9.23. The van der Waals surface area contributed by atoms with Crippen molar-refractivity contribution in [3.63, 3.8) is 0 Å². The number of rotatable bonds is 5. The van der Waals surface area contributed by atoms with Crippen LogP contribution >= 0.6 is 11.8 Å². The van der Waals surface area contributed by atoms with Gasteiger partial charge < -0.3 is 9.84 Å². The van der Waals surface area contributed by atoms with E-state index in [4.69, 9.17) is 4.74 Å². The molecule has 1 N–H and O–H groups in total. The fourth-order valence-corrected chi connectivity index (χ4v) is 10.0. The summed E-state index contributed by atoms with van der Waals surface area (Å²) < 4.78 is 37.3. The van der Waals surface area contributed by atoms with E-state index >= 15 is 4.39 Å². The Labute approximate surface area is 228 Å². The second kappa shape index (κ2) is 9.83. The topological polar surface area (TPSA) is 80.7 Å². The Kier molecular flexibility index (Phi) is 7.24. The number of carbonyl (C=O) groups is 3. The number of ether oxygens (including phenoxy) is 1. The van der Waals surface area contributed by atoms with E-state index < -0.39 is 57.1 Å². The number of allylic oxidation sites excluding steroid dienone is 4. The maximum absolute atomic E-state index is 17.5. The van der Waals surface area contributed by atoms with Crippen molar-refractivity contribution in [3.8, 4) is 0 Å². The van der Waals surface area contributed by atoms with Gasteiger partial charge in [-0.1, -0.05) is 44.8 Å². The highest BCUT2D eigenvalue weighted by Crippen LogP contribution is 2.71. The number of carbonyl (C=O) groups excluding carboxylic acids is 3. The lowest BCUT2D eigenvalue weighted by Crippen LogP contribution is -2.69. The maximum atomic E-state index is 17.5. The van der Waals surface area contributed by atoms with E-state index in [-0.39, 0.29) is 30.5 Å². The molecule has 0 saturated heterocycles. The first-order chi connectivity index (χ1) is 17.9. The Morgan fingerprint density at radius 1 is 1.16 bits per heavy atom. The van der Waals surface area contributed by atoms with Gasteiger partial charge in [-0.3, -0.25) is 14.4 Å². The number of thioether (sulfide) groups is 1. The molecule has 5 rings (SSSR count). The molecule has 0 aliphatic heterocycles. The minimum atomic E-state index is -2.04. The number of alkyl halides is 2. The van der Waals surface area contributed by atoms with E-state index in [1.807, 2.05) is 13.8 Å². The molecule has 8 atom stereocenters. The van der Waals surface area contributed by atoms with Gasteiger partial charge in [0, 0.05) is 29.1 Å². The molecule has 0 unspecified atom stereocenters. The van der Waals surface area contributed by atoms with Crippen molar-refractivity contribution in [1.29, 1.82) is 0 Å². The van der Waals surface area contributed by atoms with Crippen LogP contribution in [0.3, 0.4) is 0 Å². The number of fused-ring (bicyclic) bond motifs is 5. The molecule has 38 heavy (non-hydrogen) atoms. The lowest BCUT2D eigenvalue weighted by molar-refractivity contribution is -0.225. The van der Waals surface area contributed by atoms with Crippen LogP contribution in [-0.4, -0.2) is 45.4 Å². The molecule has 0 aromatic rings. The number of hydrogen-bond acceptors (Lipinski definition) is 6. The summed E-state index contributed by atoms with van der Waals surface area (Å²) >= 11 is 0.505. The predicted octanol–water partition coefficient (Wildman–Crippen LogP) is 6.04. The first-order valence-electron chi connectivity index (χ1n) is 14.2. The molecule has 210 valence electrons. The lowest BCUT2D eigenvalue weighted by atomic mass is 9.45. The van der Waals surface area contributed by atoms with Crippen molar-refractivity contribution < 1.29 is 33.0 Å². The molecule has 4 fully saturated rings. The predicted molar refractivity (Wildman–Crippen MR) is 141 cm³/mol. The molecule has 0 amide bonds. The third-order valence-corrected chi connectivity index (χ3v) is 11.8. The Morgan fingerprint density at radius 2 is 1.87 bits per heavy atom. The largest absolute Gasteiger partial charge is 0.449 e. The van der Waals surface area contributed by atoms with Gasteiger partial charge in [-0.2, -0.15) is 0 Å². The summed E-state index contributed by atoms with van der Waals surface area (Å²) in [5.41, 5.74) is -5.20. The summed E-state index contributed by atoms with van der Waals surface area (Å²) in [6.45, 7) is 5.43. The van der Waals surface area contributed by atoms with E-state index in [0.29, 0.717) is 36.6 Å². The van der Waals surface area contributed by atoms with Crippen LogP contribution in [0.2, 0.25) is 0 Å². The zero-order chi connectivity index (χ0) is 27.5. The molecule has 0 aromatic heterocycles. The van der Waals surface area contributed by atoms with Gasteiger partial charge in [0.05, 0.1) is 6.10 Å². The minimum absolute atomic E-state index is 0.0883. The molecule has 5 aliphatic rings. The van der Waals surface area contributed by atoms with Crippen molar-refractivity contribution >= 4 is 28.6 Å². The Bertz CT molecular complexity index is 1070. The van der Waals surface area contributed by atoms with Gasteiger partial charge in [-0.25, -0.2) is 8.78 Å². The van der Waals surface area contributed by atoms with Crippen molar-refractivity contribution in [2.24, 2.45) is 34.5 Å². The first kappa shape index (κ1) is 28.0. The van der Waals surface area contributed by atoms with Crippen molar-refractivity contribution in [2.75, 3.05) is 6.01 Å². The van der Waals surface area contributed by atoms with Crippen LogP contribution in [0.1, 0.15) is 85.0 Å². The third kappa shape index (κ3) is 3.82. The molecule has 0 heterocycles. The van der Waals surface area contributed by atoms with E-state index in [9.17, 15) is 23.9 Å². The molecule has 8 heteroatoms. The lowest BCUT2D eigenvalue weighted by Gasteiger charge is -2.62. The van der Waals surface area contributed by atoms with Crippen LogP contribution in [0.15, 0.2) is 23.8 Å². The number of ketones is 1. The van der Waals surface area contributed by atoms with Gasteiger partial charge in [0.1, 0.15) is 6.01 Å². The van der Waals surface area contributed by atoms with Crippen molar-refractivity contribution in [2.45, 2.75) is 102 Å². The maximum Gasteiger partial charge on any atom is 0.307 e. The van der Waals surface area contributed by atoms with E-state index in [2.05, 4.69) is 0 Å². The zero-order valence-electron chi connectivity index (χ0n) is 22.6. The standard InChI is InChI=1S/C30H40F2O5S/c1-18-13-23-22-10-9-20-15-21(33)11-12-27(20,2)29(22,32)24(34)16-28(23,3)30(18,26(36)38-17-31)37-25(35)14-19-7-5-4-6-8-19/h11-12,15,18-19,22-24,34H,4-10,13-14,16-17H2,1-3H3/t18-,22+,23+,24+,27+,28+,29+,30+/m1/s1. The van der Waals surface area contributed by atoms with Crippen LogP contribution in [0.4, 0.5) is 8.78 Å². The highest BCUT2D eigenvalue weighted by atomic mass is 32.2. The SMILES string of the molecule is C[C@@H]1C[C@H]2[C@@H]3CCC4=CC(=O)C=C[C@]4(C)[C@@]3(F)[C@@H](O)C[C@]2(C)[C@@]1(OC(=O)CC1CCCCC1)C(=O)SCF. The highest BCUT2D eigenvalue weighted by molar-refractivity contribution is 8.13. The fraction of sp³-hybridized carbons (Fsp3) is 0.767. The summed E-state index contributed by atoms with van der Waals surface area (Å²) in [4.78, 5) is 39.2. The molecule has 0 radical (unpaired) electrons. The van der Waals surface area contributed by atoms with Gasteiger partial charge >= 0.3 is 5.97 Å². The van der Waals surface area contributed by atoms with Crippen LogP contribution in [0, 0.1) is 34.5 Å². The molecular weight excluding hydrogens is 510 g/mol. The molecule has 5 aliphatic carbocycles. The first-order valence-corrected chi connectivity index (χ1v) is 15.2. The van der Waals surface area contributed by atoms with Gasteiger partial charge in [0.2, 0.25) is 5.12 Å². The summed E-state index contributed by atoms with van der Waals surface area (Å²) in [7, 11) is 0. The van der Waals surface area contributed by atoms with Gasteiger partial charge in [0.25, 0.3) is 0 Å². The summed E-state index contributed by atoms with van der Waals surface area (Å²) in [5.74, 6) is -1.86. The summed E-state index contributed by atoms with van der Waals surface area (Å²) in [5, 5.41) is 11.1. The summed E-state index contributed by atoms with van der Waals surface area (Å²) in [6.07, 6.45) is 9.69. The van der Waals surface area contributed by atoms with E-state index in [1.54, 1.807) is 13.0 Å². The van der Waals surface area contributed by atoms with Crippen LogP contribution in [-0.2, 0) is 19.1 Å². The van der Waals surface area contributed by atoms with E-state index in [0.717, 1.165) is 32.1 Å². The quantitative estimate of drug-likeness (QED) is 0.420. The molecular formula is C30H40F2O5S. The third-order valence-electron chi connectivity index (χ3n) is 11.1. The van der Waals surface area contributed by atoms with Crippen LogP contribution < -0.4 is 0 Å². The van der Waals surface area contributed by atoms with Gasteiger partial charge in [-0.05, 0) is 81.2 Å². The van der Waals surface area contributed by atoms with Gasteiger partial charge in [-0.15, -0.1) is 0 Å². The Morgan fingerprint density at radius 3 is 2.55 bits per heavy atom. The van der Waals surface area contributed by atoms with E-state index in [1.165, 1.54) is 12.2 Å². The number of aliphatic hydroxyl groups is 1. The molecule has 0 bridgehead atoms. The molecule has 0 spiro atoms. The smallest absolute Gasteiger partial charge is 0.307 e. The van der Waals surface area contributed by atoms with Crippen molar-refractivity contribution in [1.82, 2.24) is 0 Å². The number of esters is 1. The van der Waals surface area contributed by atoms with Crippen molar-refractivity contribution in [3.05, 3.63) is 23.8 Å². The average molecular weight is 551 g/mol. The van der Waals surface area contributed by atoms with Gasteiger partial charge in [0.15, 0.2) is 17.1 Å². The Balaban J connectivity index is 1.53. The second-order valence-electron chi connectivity index (χ2n) is 12.9. The number of aliphatic hydroxyl groups excluding tert-OH is 1. The normalized spacial score (nSPS) is 44.6. The molecule has 0 aromatic carbocycles. The number of halogens is 2. The van der Waals surface area contributed by atoms with Crippen LogP contribution in [0.5, 0.6) is 0 Å². The monoisotopic (exact) mass is 550 g/mol. The molecule has 4 saturated carbocycles. The summed E-state index contributed by atoms with van der Waals surface area (Å²) in [6, 6.07) is -0.946.